The molecule has 0 spiro atoms. The highest BCUT2D eigenvalue weighted by molar-refractivity contribution is 6.30. The third-order valence-corrected chi connectivity index (χ3v) is 3.45. The Morgan fingerprint density at radius 2 is 1.90 bits per heavy atom. The second-order valence-corrected chi connectivity index (χ2v) is 5.04. The molecule has 1 unspecified atom stereocenters. The van der Waals surface area contributed by atoms with Gasteiger partial charge in [-0.25, -0.2) is 4.39 Å². The first kappa shape index (κ1) is 14.8. The van der Waals surface area contributed by atoms with Crippen molar-refractivity contribution in [3.05, 3.63) is 64.4 Å². The first-order valence-electron chi connectivity index (χ1n) is 6.42. The molecule has 0 amide bonds. The molecule has 0 bridgehead atoms. The molecule has 2 aromatic rings. The van der Waals surface area contributed by atoms with Gasteiger partial charge in [-0.05, 0) is 61.5 Å². The molecule has 0 radical (unpaired) electrons. The number of ether oxygens (including phenoxy) is 1. The highest BCUT2D eigenvalue weighted by atomic mass is 35.5. The second kappa shape index (κ2) is 6.73. The fraction of sp³-hybridized carbons (Fsp3) is 0.250. The third-order valence-electron chi connectivity index (χ3n) is 3.20. The number of aryl methyl sites for hydroxylation is 1. The Balaban J connectivity index is 2.09. The SMILES string of the molecule is CNC(COc1ccc(Cl)cc1)c1cc(F)ccc1C. The van der Waals surface area contributed by atoms with Gasteiger partial charge in [0.25, 0.3) is 0 Å². The fourth-order valence-electron chi connectivity index (χ4n) is 2.03. The van der Waals surface area contributed by atoms with Crippen LogP contribution in [0.2, 0.25) is 5.02 Å². The molecule has 0 fully saturated rings. The lowest BCUT2D eigenvalue weighted by molar-refractivity contribution is 0.272. The van der Waals surface area contributed by atoms with E-state index in [4.69, 9.17) is 16.3 Å². The standard InChI is InChI=1S/C16H17ClFNO/c1-11-3-6-13(18)9-15(11)16(19-2)10-20-14-7-4-12(17)5-8-14/h3-9,16,19H,10H2,1-2H3. The Hall–Kier alpha value is -1.58. The van der Waals surface area contributed by atoms with Crippen molar-refractivity contribution in [3.63, 3.8) is 0 Å². The molecule has 0 aliphatic heterocycles. The molecule has 0 saturated heterocycles. The molecule has 1 N–H and O–H groups in total. The molecule has 0 aliphatic carbocycles. The Labute approximate surface area is 123 Å². The fourth-order valence-corrected chi connectivity index (χ4v) is 2.15. The van der Waals surface area contributed by atoms with Crippen molar-refractivity contribution in [1.29, 1.82) is 0 Å². The van der Waals surface area contributed by atoms with E-state index in [1.165, 1.54) is 6.07 Å². The summed E-state index contributed by atoms with van der Waals surface area (Å²) < 4.78 is 19.1. The van der Waals surface area contributed by atoms with Gasteiger partial charge in [0.1, 0.15) is 18.2 Å². The summed E-state index contributed by atoms with van der Waals surface area (Å²) in [6.07, 6.45) is 0. The summed E-state index contributed by atoms with van der Waals surface area (Å²) >= 11 is 5.83. The molecule has 0 saturated carbocycles. The minimum atomic E-state index is -0.239. The summed E-state index contributed by atoms with van der Waals surface area (Å²) in [5.41, 5.74) is 1.94. The highest BCUT2D eigenvalue weighted by Crippen LogP contribution is 2.21. The minimum absolute atomic E-state index is 0.0682. The Morgan fingerprint density at radius 1 is 1.20 bits per heavy atom. The van der Waals surface area contributed by atoms with Crippen molar-refractivity contribution in [3.8, 4) is 5.75 Å². The van der Waals surface area contributed by atoms with E-state index >= 15 is 0 Å². The monoisotopic (exact) mass is 293 g/mol. The average Bonchev–Trinajstić information content (AvgIpc) is 2.45. The van der Waals surface area contributed by atoms with Crippen LogP contribution in [0.15, 0.2) is 42.5 Å². The highest BCUT2D eigenvalue weighted by Gasteiger charge is 2.13. The van der Waals surface area contributed by atoms with Crippen molar-refractivity contribution in [2.45, 2.75) is 13.0 Å². The lowest BCUT2D eigenvalue weighted by atomic mass is 10.0. The molecule has 4 heteroatoms. The maximum absolute atomic E-state index is 13.4. The Kier molecular flexibility index (Phi) is 4.99. The van der Waals surface area contributed by atoms with Crippen molar-refractivity contribution in [1.82, 2.24) is 5.32 Å². The van der Waals surface area contributed by atoms with Gasteiger partial charge in [0.05, 0.1) is 6.04 Å². The smallest absolute Gasteiger partial charge is 0.123 e. The minimum Gasteiger partial charge on any atom is -0.492 e. The van der Waals surface area contributed by atoms with Gasteiger partial charge in [0, 0.05) is 5.02 Å². The third kappa shape index (κ3) is 3.71. The van der Waals surface area contributed by atoms with Crippen LogP contribution in [0, 0.1) is 12.7 Å². The van der Waals surface area contributed by atoms with Crippen LogP contribution in [0.3, 0.4) is 0 Å². The van der Waals surface area contributed by atoms with E-state index in [1.807, 2.05) is 26.1 Å². The Morgan fingerprint density at radius 3 is 2.55 bits per heavy atom. The number of likely N-dealkylation sites (N-methyl/N-ethyl adjacent to an activating group) is 1. The predicted molar refractivity (Wildman–Crippen MR) is 79.9 cm³/mol. The van der Waals surface area contributed by atoms with Crippen LogP contribution in [-0.2, 0) is 0 Å². The first-order valence-corrected chi connectivity index (χ1v) is 6.79. The zero-order chi connectivity index (χ0) is 14.5. The first-order chi connectivity index (χ1) is 9.60. The lowest BCUT2D eigenvalue weighted by Crippen LogP contribution is -2.24. The van der Waals surface area contributed by atoms with Gasteiger partial charge in [-0.1, -0.05) is 17.7 Å². The van der Waals surface area contributed by atoms with Crippen LogP contribution >= 0.6 is 11.6 Å². The van der Waals surface area contributed by atoms with Crippen molar-refractivity contribution < 1.29 is 9.13 Å². The number of rotatable bonds is 5. The van der Waals surface area contributed by atoms with Crippen LogP contribution in [0.4, 0.5) is 4.39 Å². The van der Waals surface area contributed by atoms with E-state index in [9.17, 15) is 4.39 Å². The lowest BCUT2D eigenvalue weighted by Gasteiger charge is -2.19. The predicted octanol–water partition coefficient (Wildman–Crippen LogP) is 4.13. The van der Waals surface area contributed by atoms with Crippen LogP contribution in [0.25, 0.3) is 0 Å². The van der Waals surface area contributed by atoms with Crippen LogP contribution in [0.5, 0.6) is 5.75 Å². The molecule has 0 heterocycles. The molecule has 2 aromatic carbocycles. The summed E-state index contributed by atoms with van der Waals surface area (Å²) in [4.78, 5) is 0. The number of nitrogens with one attached hydrogen (secondary N) is 1. The molecule has 20 heavy (non-hydrogen) atoms. The van der Waals surface area contributed by atoms with E-state index < -0.39 is 0 Å². The van der Waals surface area contributed by atoms with Gasteiger partial charge in [-0.2, -0.15) is 0 Å². The van der Waals surface area contributed by atoms with Crippen LogP contribution < -0.4 is 10.1 Å². The largest absolute Gasteiger partial charge is 0.492 e. The van der Waals surface area contributed by atoms with Gasteiger partial charge in [0.2, 0.25) is 0 Å². The van der Waals surface area contributed by atoms with Crippen LogP contribution in [-0.4, -0.2) is 13.7 Å². The molecule has 0 aromatic heterocycles. The topological polar surface area (TPSA) is 21.3 Å². The van der Waals surface area contributed by atoms with E-state index in [0.717, 1.165) is 16.9 Å². The normalized spacial score (nSPS) is 12.2. The van der Waals surface area contributed by atoms with Crippen LogP contribution in [0.1, 0.15) is 17.2 Å². The van der Waals surface area contributed by atoms with Gasteiger partial charge < -0.3 is 10.1 Å². The molecular formula is C16H17ClFNO. The summed E-state index contributed by atoms with van der Waals surface area (Å²) in [5.74, 6) is 0.501. The molecule has 106 valence electrons. The van der Waals surface area contributed by atoms with Gasteiger partial charge in [-0.15, -0.1) is 0 Å². The molecule has 1 atom stereocenters. The second-order valence-electron chi connectivity index (χ2n) is 4.61. The maximum atomic E-state index is 13.4. The number of benzene rings is 2. The van der Waals surface area contributed by atoms with E-state index in [2.05, 4.69) is 5.32 Å². The van der Waals surface area contributed by atoms with E-state index in [-0.39, 0.29) is 11.9 Å². The summed E-state index contributed by atoms with van der Waals surface area (Å²) in [5, 5.41) is 3.82. The molecular weight excluding hydrogens is 277 g/mol. The quantitative estimate of drug-likeness (QED) is 0.895. The van der Waals surface area contributed by atoms with Crippen molar-refractivity contribution in [2.24, 2.45) is 0 Å². The van der Waals surface area contributed by atoms with E-state index in [1.54, 1.807) is 24.3 Å². The number of halogens is 2. The van der Waals surface area contributed by atoms with Gasteiger partial charge in [0.15, 0.2) is 0 Å². The summed E-state index contributed by atoms with van der Waals surface area (Å²) in [7, 11) is 1.83. The average molecular weight is 294 g/mol. The van der Waals surface area contributed by atoms with Crippen molar-refractivity contribution >= 4 is 11.6 Å². The zero-order valence-corrected chi connectivity index (χ0v) is 12.2. The molecule has 0 aliphatic rings. The zero-order valence-electron chi connectivity index (χ0n) is 11.5. The molecule has 2 rings (SSSR count). The van der Waals surface area contributed by atoms with Gasteiger partial charge >= 0.3 is 0 Å². The molecule has 2 nitrogen and oxygen atoms in total. The van der Waals surface area contributed by atoms with Gasteiger partial charge in [-0.3, -0.25) is 0 Å². The Bertz CT molecular complexity index is 571. The van der Waals surface area contributed by atoms with E-state index in [0.29, 0.717) is 11.6 Å². The maximum Gasteiger partial charge on any atom is 0.123 e. The van der Waals surface area contributed by atoms with Crippen molar-refractivity contribution in [2.75, 3.05) is 13.7 Å². The summed E-state index contributed by atoms with van der Waals surface area (Å²) in [6.45, 7) is 2.38. The summed E-state index contributed by atoms with van der Waals surface area (Å²) in [6, 6.07) is 11.9. The number of hydrogen-bond acceptors (Lipinski definition) is 2. The number of hydrogen-bond donors (Lipinski definition) is 1.